The number of nitrogens with one attached hydrogen (secondary N) is 1. The standard InChI is InChI=1S/C25H26N2O3/c1-17-8-10-19(11-9-17)24-23-7-5-4-6-18(23)12-13-27(24)25(28)26-20-14-21(29-2)16-22(15-20)30-3/h4-11,14-16,24H,12-13H2,1-3H3,(H,26,28)/t24-/m0/s1. The molecule has 0 bridgehead atoms. The summed E-state index contributed by atoms with van der Waals surface area (Å²) in [6.45, 7) is 2.71. The first kappa shape index (κ1) is 19.8. The minimum absolute atomic E-state index is 0.136. The second-order valence-electron chi connectivity index (χ2n) is 7.49. The van der Waals surface area contributed by atoms with Crippen LogP contribution in [0.2, 0.25) is 0 Å². The van der Waals surface area contributed by atoms with E-state index in [1.807, 2.05) is 11.0 Å². The van der Waals surface area contributed by atoms with Crippen molar-refractivity contribution < 1.29 is 14.3 Å². The van der Waals surface area contributed by atoms with Crippen LogP contribution in [0.25, 0.3) is 0 Å². The summed E-state index contributed by atoms with van der Waals surface area (Å²) in [5.74, 6) is 1.26. The number of benzene rings is 3. The first-order valence-electron chi connectivity index (χ1n) is 10.0. The van der Waals surface area contributed by atoms with E-state index in [0.717, 1.165) is 12.0 Å². The van der Waals surface area contributed by atoms with E-state index in [-0.39, 0.29) is 12.1 Å². The summed E-state index contributed by atoms with van der Waals surface area (Å²) in [4.78, 5) is 15.3. The van der Waals surface area contributed by atoms with Crippen LogP contribution in [-0.2, 0) is 6.42 Å². The molecule has 0 fully saturated rings. The molecule has 5 nitrogen and oxygen atoms in total. The lowest BCUT2D eigenvalue weighted by Crippen LogP contribution is -2.43. The SMILES string of the molecule is COc1cc(NC(=O)N2CCc3ccccc3[C@@H]2c2ccc(C)cc2)cc(OC)c1. The summed E-state index contributed by atoms with van der Waals surface area (Å²) in [5.41, 5.74) is 5.40. The lowest BCUT2D eigenvalue weighted by molar-refractivity contribution is 0.194. The number of methoxy groups -OCH3 is 2. The van der Waals surface area contributed by atoms with Gasteiger partial charge in [-0.1, -0.05) is 54.1 Å². The molecule has 154 valence electrons. The highest BCUT2D eigenvalue weighted by atomic mass is 16.5. The molecule has 4 rings (SSSR count). The average Bonchev–Trinajstić information content (AvgIpc) is 2.78. The predicted octanol–water partition coefficient (Wildman–Crippen LogP) is 5.19. The summed E-state index contributed by atoms with van der Waals surface area (Å²) in [7, 11) is 3.19. The fourth-order valence-electron chi connectivity index (χ4n) is 3.97. The molecule has 0 unspecified atom stereocenters. The van der Waals surface area contributed by atoms with Gasteiger partial charge in [-0.3, -0.25) is 0 Å². The van der Waals surface area contributed by atoms with Gasteiger partial charge in [-0.05, 0) is 30.0 Å². The molecule has 0 saturated carbocycles. The van der Waals surface area contributed by atoms with E-state index in [1.54, 1.807) is 32.4 Å². The molecular formula is C25H26N2O3. The summed E-state index contributed by atoms with van der Waals surface area (Å²) in [6.07, 6.45) is 0.827. The van der Waals surface area contributed by atoms with Gasteiger partial charge in [-0.2, -0.15) is 0 Å². The number of fused-ring (bicyclic) bond motifs is 1. The molecule has 2 amide bonds. The molecular weight excluding hydrogens is 376 g/mol. The second-order valence-corrected chi connectivity index (χ2v) is 7.49. The zero-order valence-electron chi connectivity index (χ0n) is 17.5. The van der Waals surface area contributed by atoms with Crippen LogP contribution in [0.4, 0.5) is 10.5 Å². The molecule has 1 aliphatic rings. The molecule has 1 atom stereocenters. The zero-order valence-corrected chi connectivity index (χ0v) is 17.5. The number of hydrogen-bond acceptors (Lipinski definition) is 3. The van der Waals surface area contributed by atoms with E-state index < -0.39 is 0 Å². The Morgan fingerprint density at radius 2 is 1.63 bits per heavy atom. The Bertz CT molecular complexity index is 1020. The number of carbonyl (C=O) groups is 1. The molecule has 30 heavy (non-hydrogen) atoms. The van der Waals surface area contributed by atoms with Crippen LogP contribution in [-0.4, -0.2) is 31.7 Å². The summed E-state index contributed by atoms with van der Waals surface area (Å²) in [5, 5.41) is 3.03. The molecule has 1 N–H and O–H groups in total. The maximum Gasteiger partial charge on any atom is 0.322 e. The number of ether oxygens (including phenoxy) is 2. The van der Waals surface area contributed by atoms with Crippen LogP contribution in [0.5, 0.6) is 11.5 Å². The maximum atomic E-state index is 13.4. The summed E-state index contributed by atoms with van der Waals surface area (Å²) >= 11 is 0. The number of carbonyl (C=O) groups excluding carboxylic acids is 1. The van der Waals surface area contributed by atoms with Crippen LogP contribution >= 0.6 is 0 Å². The first-order valence-corrected chi connectivity index (χ1v) is 10.0. The van der Waals surface area contributed by atoms with Gasteiger partial charge in [-0.25, -0.2) is 4.79 Å². The fraction of sp³-hybridized carbons (Fsp3) is 0.240. The minimum Gasteiger partial charge on any atom is -0.497 e. The maximum absolute atomic E-state index is 13.4. The Hall–Kier alpha value is -3.47. The molecule has 5 heteroatoms. The van der Waals surface area contributed by atoms with Gasteiger partial charge in [0.05, 0.1) is 20.3 Å². The molecule has 3 aromatic carbocycles. The van der Waals surface area contributed by atoms with Crippen LogP contribution in [0.3, 0.4) is 0 Å². The van der Waals surface area contributed by atoms with E-state index in [2.05, 4.69) is 54.7 Å². The van der Waals surface area contributed by atoms with Crippen molar-refractivity contribution in [3.8, 4) is 11.5 Å². The smallest absolute Gasteiger partial charge is 0.322 e. The third-order valence-corrected chi connectivity index (χ3v) is 5.54. The Kier molecular flexibility index (Phi) is 5.61. The molecule has 3 aromatic rings. The van der Waals surface area contributed by atoms with Crippen molar-refractivity contribution in [3.63, 3.8) is 0 Å². The lowest BCUT2D eigenvalue weighted by Gasteiger charge is -2.37. The van der Waals surface area contributed by atoms with E-state index >= 15 is 0 Å². The fourth-order valence-corrected chi connectivity index (χ4v) is 3.97. The molecule has 0 radical (unpaired) electrons. The number of nitrogens with zero attached hydrogens (tertiary/aromatic N) is 1. The van der Waals surface area contributed by atoms with Gasteiger partial charge in [0.2, 0.25) is 0 Å². The number of rotatable bonds is 4. The Morgan fingerprint density at radius 1 is 0.967 bits per heavy atom. The molecule has 1 aliphatic heterocycles. The number of amides is 2. The van der Waals surface area contributed by atoms with Crippen molar-refractivity contribution in [2.75, 3.05) is 26.1 Å². The van der Waals surface area contributed by atoms with Gasteiger partial charge >= 0.3 is 6.03 Å². The lowest BCUT2D eigenvalue weighted by atomic mass is 9.88. The molecule has 1 heterocycles. The predicted molar refractivity (Wildman–Crippen MR) is 118 cm³/mol. The van der Waals surface area contributed by atoms with Gasteiger partial charge < -0.3 is 19.7 Å². The van der Waals surface area contributed by atoms with Gasteiger partial charge in [0.25, 0.3) is 0 Å². The van der Waals surface area contributed by atoms with Crippen molar-refractivity contribution in [2.24, 2.45) is 0 Å². The minimum atomic E-state index is -0.148. The molecule has 0 saturated heterocycles. The van der Waals surface area contributed by atoms with Crippen molar-refractivity contribution >= 4 is 11.7 Å². The third-order valence-electron chi connectivity index (χ3n) is 5.54. The van der Waals surface area contributed by atoms with E-state index in [0.29, 0.717) is 23.7 Å². The van der Waals surface area contributed by atoms with Crippen LogP contribution < -0.4 is 14.8 Å². The molecule has 0 aliphatic carbocycles. The highest BCUT2D eigenvalue weighted by Crippen LogP contribution is 2.36. The number of hydrogen-bond donors (Lipinski definition) is 1. The number of urea groups is 1. The van der Waals surface area contributed by atoms with E-state index in [4.69, 9.17) is 9.47 Å². The Balaban J connectivity index is 1.68. The average molecular weight is 402 g/mol. The van der Waals surface area contributed by atoms with Crippen molar-refractivity contribution in [1.82, 2.24) is 4.90 Å². The highest BCUT2D eigenvalue weighted by molar-refractivity contribution is 5.90. The zero-order chi connectivity index (χ0) is 21.1. The van der Waals surface area contributed by atoms with Gasteiger partial charge in [0.1, 0.15) is 11.5 Å². The van der Waals surface area contributed by atoms with Gasteiger partial charge in [0.15, 0.2) is 0 Å². The third kappa shape index (κ3) is 3.96. The van der Waals surface area contributed by atoms with E-state index in [1.165, 1.54) is 16.7 Å². The second kappa shape index (κ2) is 8.49. The van der Waals surface area contributed by atoms with Crippen LogP contribution in [0, 0.1) is 6.92 Å². The highest BCUT2D eigenvalue weighted by Gasteiger charge is 2.32. The summed E-state index contributed by atoms with van der Waals surface area (Å²) in [6, 6.07) is 21.8. The molecule has 0 aromatic heterocycles. The largest absolute Gasteiger partial charge is 0.497 e. The first-order chi connectivity index (χ1) is 14.6. The van der Waals surface area contributed by atoms with Crippen molar-refractivity contribution in [3.05, 3.63) is 89.0 Å². The number of aryl methyl sites for hydroxylation is 1. The number of anilines is 1. The van der Waals surface area contributed by atoms with Crippen LogP contribution in [0.15, 0.2) is 66.7 Å². The monoisotopic (exact) mass is 402 g/mol. The van der Waals surface area contributed by atoms with Gasteiger partial charge in [0, 0.05) is 30.4 Å². The van der Waals surface area contributed by atoms with E-state index in [9.17, 15) is 4.79 Å². The summed E-state index contributed by atoms with van der Waals surface area (Å²) < 4.78 is 10.7. The molecule has 0 spiro atoms. The van der Waals surface area contributed by atoms with Crippen molar-refractivity contribution in [2.45, 2.75) is 19.4 Å². The topological polar surface area (TPSA) is 50.8 Å². The van der Waals surface area contributed by atoms with Crippen molar-refractivity contribution in [1.29, 1.82) is 0 Å². The van der Waals surface area contributed by atoms with Gasteiger partial charge in [-0.15, -0.1) is 0 Å². The Labute approximate surface area is 177 Å². The quantitative estimate of drug-likeness (QED) is 0.653. The normalized spacial score (nSPS) is 15.3. The van der Waals surface area contributed by atoms with Crippen LogP contribution in [0.1, 0.15) is 28.3 Å². The Morgan fingerprint density at radius 3 is 2.30 bits per heavy atom.